The number of fused-ring (bicyclic) bond motifs is 4. The highest BCUT2D eigenvalue weighted by Crippen LogP contribution is 2.34. The Bertz CT molecular complexity index is 1430. The zero-order chi connectivity index (χ0) is 24.0. The van der Waals surface area contributed by atoms with Crippen LogP contribution in [0.5, 0.6) is 11.5 Å². The van der Waals surface area contributed by atoms with Gasteiger partial charge in [-0.2, -0.15) is 0 Å². The maximum absolute atomic E-state index is 6.74. The highest BCUT2D eigenvalue weighted by molar-refractivity contribution is 6.70. The first-order valence-corrected chi connectivity index (χ1v) is 12.4. The molecule has 36 heavy (non-hydrogen) atoms. The second-order valence-corrected chi connectivity index (χ2v) is 9.38. The minimum absolute atomic E-state index is 0.390. The quantitative estimate of drug-likeness (QED) is 0.495. The van der Waals surface area contributed by atoms with E-state index in [0.29, 0.717) is 26.3 Å². The molecular weight excluding hydrogens is 450 g/mol. The van der Waals surface area contributed by atoms with Gasteiger partial charge in [0, 0.05) is 0 Å². The lowest BCUT2D eigenvalue weighted by Crippen LogP contribution is -2.65. The number of hydrogen-bond donors (Lipinski definition) is 0. The molecule has 0 saturated carbocycles. The van der Waals surface area contributed by atoms with Crippen molar-refractivity contribution in [3.63, 3.8) is 0 Å². The third-order valence-electron chi connectivity index (χ3n) is 7.31. The molecule has 0 radical (unpaired) electrons. The molecular formula is C28H24B2N2O4. The lowest BCUT2D eigenvalue weighted by atomic mass is 9.60. The van der Waals surface area contributed by atoms with Gasteiger partial charge < -0.3 is 27.6 Å². The van der Waals surface area contributed by atoms with Crippen LogP contribution >= 0.6 is 0 Å². The van der Waals surface area contributed by atoms with Crippen molar-refractivity contribution in [3.8, 4) is 11.5 Å². The first kappa shape index (κ1) is 21.3. The average Bonchev–Trinajstić information content (AvgIpc) is 3.64. The molecule has 5 aliphatic rings. The SMILES string of the molecule is C1=CC=CC=1[B-]12OCC[N+]3=Cc4ccccc4O[B-]3(C3=C=CC=C3)OCC[N+]1=Cc1ccccc1O2. The van der Waals surface area contributed by atoms with E-state index in [9.17, 15) is 0 Å². The lowest BCUT2D eigenvalue weighted by Gasteiger charge is -2.44. The van der Waals surface area contributed by atoms with Crippen LogP contribution in [-0.2, 0) is 9.31 Å². The van der Waals surface area contributed by atoms with E-state index < -0.39 is 13.4 Å². The lowest BCUT2D eigenvalue weighted by molar-refractivity contribution is -0.462. The molecule has 0 N–H and O–H groups in total. The van der Waals surface area contributed by atoms with Gasteiger partial charge in [-0.05, 0) is 47.4 Å². The maximum atomic E-state index is 6.74. The van der Waals surface area contributed by atoms with Gasteiger partial charge in [0.1, 0.15) is 25.5 Å². The van der Waals surface area contributed by atoms with Crippen molar-refractivity contribution in [1.82, 2.24) is 0 Å². The van der Waals surface area contributed by atoms with E-state index >= 15 is 0 Å². The molecule has 0 amide bonds. The van der Waals surface area contributed by atoms with E-state index in [1.165, 1.54) is 0 Å². The molecule has 2 unspecified atom stereocenters. The van der Waals surface area contributed by atoms with E-state index in [-0.39, 0.29) is 0 Å². The van der Waals surface area contributed by atoms with Gasteiger partial charge in [-0.1, -0.05) is 48.6 Å². The van der Waals surface area contributed by atoms with Crippen LogP contribution in [0, 0.1) is 0 Å². The van der Waals surface area contributed by atoms with Crippen LogP contribution < -0.4 is 9.31 Å². The van der Waals surface area contributed by atoms with Crippen molar-refractivity contribution in [1.29, 1.82) is 0 Å². The summed E-state index contributed by atoms with van der Waals surface area (Å²) in [5.74, 6) is 1.60. The van der Waals surface area contributed by atoms with Crippen LogP contribution in [0.4, 0.5) is 0 Å². The Balaban J connectivity index is 1.34. The third kappa shape index (κ3) is 3.25. The van der Waals surface area contributed by atoms with Crippen LogP contribution in [0.25, 0.3) is 0 Å². The fraction of sp³-hybridized carbons (Fsp3) is 0.143. The summed E-state index contributed by atoms with van der Waals surface area (Å²) in [6.45, 7) is -2.17. The summed E-state index contributed by atoms with van der Waals surface area (Å²) in [4.78, 5) is 0. The standard InChI is InChI=1S/C28H24B2N2O4/c1-7-15-27-23(9-1)21-31-17-19-34-30(26-13-5-6-14-26)32(22-24-10-2-8-16-28(24)36-30)18-20-33-29(31,35-27)25-11-3-4-12-25/h1-11,13,15-16,21-22H,17-20H2. The molecule has 8 heteroatoms. The largest absolute Gasteiger partial charge is 0.632 e. The molecule has 2 aromatic carbocycles. The Kier molecular flexibility index (Phi) is 4.88. The molecule has 2 aromatic rings. The normalized spacial score (nSPS) is 27.3. The number of benzene rings is 2. The minimum Gasteiger partial charge on any atom is -0.629 e. The van der Waals surface area contributed by atoms with E-state index in [1.807, 2.05) is 85.0 Å². The van der Waals surface area contributed by atoms with Crippen molar-refractivity contribution in [2.45, 2.75) is 0 Å². The second-order valence-electron chi connectivity index (χ2n) is 9.38. The van der Waals surface area contributed by atoms with E-state index in [4.69, 9.17) is 18.6 Å². The summed E-state index contributed by atoms with van der Waals surface area (Å²) in [6.07, 6.45) is 16.0. The average molecular weight is 474 g/mol. The topological polar surface area (TPSA) is 42.9 Å². The van der Waals surface area contributed by atoms with E-state index in [2.05, 4.69) is 32.9 Å². The van der Waals surface area contributed by atoms with Gasteiger partial charge in [0.15, 0.2) is 0 Å². The summed E-state index contributed by atoms with van der Waals surface area (Å²) < 4.78 is 31.1. The summed E-state index contributed by atoms with van der Waals surface area (Å²) in [5.41, 5.74) is 10.4. The van der Waals surface area contributed by atoms with Crippen LogP contribution in [0.2, 0.25) is 0 Å². The summed E-state index contributed by atoms with van der Waals surface area (Å²) >= 11 is 0. The number of rotatable bonds is 2. The van der Waals surface area contributed by atoms with Gasteiger partial charge in [0.2, 0.25) is 0 Å². The number of hydrogen-bond acceptors (Lipinski definition) is 4. The molecule has 0 aromatic heterocycles. The van der Waals surface area contributed by atoms with Crippen molar-refractivity contribution < 1.29 is 27.6 Å². The molecule has 0 bridgehead atoms. The highest BCUT2D eigenvalue weighted by Gasteiger charge is 2.54. The number of allylic oxidation sites excluding steroid dienone is 6. The molecule has 1 saturated heterocycles. The fourth-order valence-corrected chi connectivity index (χ4v) is 5.59. The van der Waals surface area contributed by atoms with Gasteiger partial charge in [-0.15, -0.1) is 11.5 Å². The van der Waals surface area contributed by atoms with Crippen LogP contribution in [0.15, 0.2) is 107 Å². The number of para-hydroxylation sites is 2. The molecule has 3 heterocycles. The highest BCUT2D eigenvalue weighted by atomic mass is 16.6. The number of nitrogens with zero attached hydrogens (tertiary/aromatic N) is 2. The molecule has 1 fully saturated rings. The zero-order valence-corrected chi connectivity index (χ0v) is 19.7. The van der Waals surface area contributed by atoms with Gasteiger partial charge in [0.05, 0.1) is 35.8 Å². The molecule has 3 aliphatic heterocycles. The summed E-state index contributed by atoms with van der Waals surface area (Å²) in [7, 11) is 0. The third-order valence-corrected chi connectivity index (χ3v) is 7.31. The van der Waals surface area contributed by atoms with E-state index in [0.717, 1.165) is 33.6 Å². The summed E-state index contributed by atoms with van der Waals surface area (Å²) in [5, 5.41) is 0. The Hall–Kier alpha value is -4.05. The van der Waals surface area contributed by atoms with Crippen LogP contribution in [0.3, 0.4) is 0 Å². The zero-order valence-electron chi connectivity index (χ0n) is 19.7. The van der Waals surface area contributed by atoms with Crippen LogP contribution in [0.1, 0.15) is 11.1 Å². The van der Waals surface area contributed by atoms with Crippen LogP contribution in [-0.4, -0.2) is 61.1 Å². The first-order chi connectivity index (χ1) is 17.8. The molecule has 176 valence electrons. The van der Waals surface area contributed by atoms with Crippen molar-refractivity contribution >= 4 is 25.8 Å². The van der Waals surface area contributed by atoms with Crippen molar-refractivity contribution in [2.24, 2.45) is 0 Å². The molecule has 0 spiro atoms. The van der Waals surface area contributed by atoms with Crippen molar-refractivity contribution in [3.05, 3.63) is 119 Å². The van der Waals surface area contributed by atoms with E-state index in [1.54, 1.807) is 0 Å². The predicted octanol–water partition coefficient (Wildman–Crippen LogP) is 3.34. The Morgan fingerprint density at radius 3 is 1.56 bits per heavy atom. The van der Waals surface area contributed by atoms with Gasteiger partial charge in [-0.25, -0.2) is 0 Å². The van der Waals surface area contributed by atoms with Gasteiger partial charge in [-0.3, -0.25) is 0 Å². The summed E-state index contributed by atoms with van der Waals surface area (Å²) in [6, 6.07) is 16.0. The molecule has 2 aliphatic carbocycles. The second kappa shape index (κ2) is 8.27. The van der Waals surface area contributed by atoms with Gasteiger partial charge >= 0.3 is 13.4 Å². The van der Waals surface area contributed by atoms with Crippen molar-refractivity contribution in [2.75, 3.05) is 26.3 Å². The molecule has 2 atom stereocenters. The monoisotopic (exact) mass is 474 g/mol. The minimum atomic E-state index is -2.01. The Morgan fingerprint density at radius 1 is 0.639 bits per heavy atom. The van der Waals surface area contributed by atoms with Gasteiger partial charge in [0.25, 0.3) is 0 Å². The molecule has 6 nitrogen and oxygen atoms in total. The maximum Gasteiger partial charge on any atom is 0.632 e. The Morgan fingerprint density at radius 2 is 1.11 bits per heavy atom. The molecule has 7 rings (SSSR count). The smallest absolute Gasteiger partial charge is 0.629 e. The Labute approximate surface area is 209 Å². The predicted molar refractivity (Wildman–Crippen MR) is 140 cm³/mol. The fourth-order valence-electron chi connectivity index (χ4n) is 5.59. The first-order valence-electron chi connectivity index (χ1n) is 12.4.